The van der Waals surface area contributed by atoms with Gasteiger partial charge in [0.15, 0.2) is 0 Å². The van der Waals surface area contributed by atoms with Crippen LogP contribution in [0.4, 0.5) is 4.79 Å². The number of rotatable bonds is 14. The third-order valence-corrected chi connectivity index (χ3v) is 6.29. The van der Waals surface area contributed by atoms with E-state index in [1.165, 1.54) is 0 Å². The fourth-order valence-corrected chi connectivity index (χ4v) is 3.27. The molecule has 6 heteroatoms. The summed E-state index contributed by atoms with van der Waals surface area (Å²) < 4.78 is 11.3. The van der Waals surface area contributed by atoms with E-state index in [2.05, 4.69) is 31.4 Å². The molecule has 0 aliphatic rings. The minimum atomic E-state index is -0.507. The Morgan fingerprint density at radius 2 is 1.36 bits per heavy atom. The van der Waals surface area contributed by atoms with Gasteiger partial charge in [-0.2, -0.15) is 0 Å². The molecule has 0 rings (SSSR count). The summed E-state index contributed by atoms with van der Waals surface area (Å²) in [6, 6.07) is 0. The van der Waals surface area contributed by atoms with Crippen LogP contribution in [0.5, 0.6) is 0 Å². The molecule has 0 spiro atoms. The van der Waals surface area contributed by atoms with E-state index < -0.39 is 17.1 Å². The van der Waals surface area contributed by atoms with E-state index in [-0.39, 0.29) is 17.0 Å². The van der Waals surface area contributed by atoms with Gasteiger partial charge in [0.1, 0.15) is 5.60 Å². The van der Waals surface area contributed by atoms with Crippen molar-refractivity contribution in [2.24, 2.45) is 10.8 Å². The lowest BCUT2D eigenvalue weighted by Gasteiger charge is -2.34. The molecule has 0 aliphatic heterocycles. The number of hydrogen-bond acceptors (Lipinski definition) is 4. The van der Waals surface area contributed by atoms with Crippen LogP contribution in [0.1, 0.15) is 122 Å². The highest BCUT2D eigenvalue weighted by atomic mass is 16.6. The van der Waals surface area contributed by atoms with E-state index in [1.807, 2.05) is 62.3 Å². The monoisotopic (exact) mass is 470 g/mol. The molecule has 33 heavy (non-hydrogen) atoms. The van der Waals surface area contributed by atoms with Crippen molar-refractivity contribution in [1.82, 2.24) is 10.6 Å². The van der Waals surface area contributed by atoms with Gasteiger partial charge in [0.05, 0.1) is 5.60 Å². The second-order valence-corrected chi connectivity index (χ2v) is 13.1. The Balaban J connectivity index is 4.46. The summed E-state index contributed by atoms with van der Waals surface area (Å²) in [7, 11) is 0. The van der Waals surface area contributed by atoms with Crippen molar-refractivity contribution in [3.63, 3.8) is 0 Å². The van der Waals surface area contributed by atoms with Crippen LogP contribution >= 0.6 is 0 Å². The molecule has 6 nitrogen and oxygen atoms in total. The fourth-order valence-electron chi connectivity index (χ4n) is 3.27. The lowest BCUT2D eigenvalue weighted by atomic mass is 9.79. The van der Waals surface area contributed by atoms with E-state index in [1.54, 1.807) is 0 Å². The Labute approximate surface area is 204 Å². The SMILES string of the molecule is CCC(C)(C)CCCC(C)(C)C(=O)NC(C)(C)CCOC(C)(C)CCNC(=O)OC(C)(C)C. The van der Waals surface area contributed by atoms with Gasteiger partial charge < -0.3 is 20.1 Å². The van der Waals surface area contributed by atoms with Gasteiger partial charge in [0, 0.05) is 24.1 Å². The first-order valence-corrected chi connectivity index (χ1v) is 12.6. The molecule has 2 N–H and O–H groups in total. The second-order valence-electron chi connectivity index (χ2n) is 13.1. The molecule has 0 radical (unpaired) electrons. The Bertz CT molecular complexity index is 616. The van der Waals surface area contributed by atoms with Crippen LogP contribution in [-0.2, 0) is 14.3 Å². The van der Waals surface area contributed by atoms with E-state index in [9.17, 15) is 9.59 Å². The van der Waals surface area contributed by atoms with E-state index in [0.29, 0.717) is 31.4 Å². The first kappa shape index (κ1) is 31.7. The number of hydrogen-bond donors (Lipinski definition) is 2. The molecule has 0 aromatic carbocycles. The van der Waals surface area contributed by atoms with Gasteiger partial charge >= 0.3 is 6.09 Å². The standard InChI is InChI=1S/C27H54N2O4/c1-13-24(5,6)15-14-16-25(7,8)21(30)29-26(9,10)18-20-32-27(11,12)17-19-28-22(31)33-23(2,3)4/h13-20H2,1-12H3,(H,28,31)(H,29,30). The Morgan fingerprint density at radius 3 is 1.88 bits per heavy atom. The summed E-state index contributed by atoms with van der Waals surface area (Å²) in [5, 5.41) is 6.01. The molecule has 0 aliphatic carbocycles. The maximum Gasteiger partial charge on any atom is 0.407 e. The predicted octanol–water partition coefficient (Wildman–Crippen LogP) is 6.61. The van der Waals surface area contributed by atoms with Crippen molar-refractivity contribution in [1.29, 1.82) is 0 Å². The van der Waals surface area contributed by atoms with E-state index >= 15 is 0 Å². The number of nitrogens with one attached hydrogen (secondary N) is 2. The number of ether oxygens (including phenoxy) is 2. The van der Waals surface area contributed by atoms with Crippen LogP contribution < -0.4 is 10.6 Å². The zero-order valence-corrected chi connectivity index (χ0v) is 23.8. The van der Waals surface area contributed by atoms with Crippen molar-refractivity contribution in [3.8, 4) is 0 Å². The van der Waals surface area contributed by atoms with Gasteiger partial charge in [-0.25, -0.2) is 4.79 Å². The van der Waals surface area contributed by atoms with Gasteiger partial charge in [-0.3, -0.25) is 4.79 Å². The molecule has 0 saturated heterocycles. The Kier molecular flexibility index (Phi) is 11.9. The normalized spacial score (nSPS) is 13.6. The highest BCUT2D eigenvalue weighted by Gasteiger charge is 2.32. The summed E-state index contributed by atoms with van der Waals surface area (Å²) in [5.41, 5.74) is -1.32. The zero-order chi connectivity index (χ0) is 26.1. The topological polar surface area (TPSA) is 76.7 Å². The molecule has 0 saturated carbocycles. The van der Waals surface area contributed by atoms with Gasteiger partial charge in [0.25, 0.3) is 0 Å². The van der Waals surface area contributed by atoms with Gasteiger partial charge in [-0.05, 0) is 79.6 Å². The molecule has 0 aromatic rings. The van der Waals surface area contributed by atoms with Crippen molar-refractivity contribution in [3.05, 3.63) is 0 Å². The highest BCUT2D eigenvalue weighted by Crippen LogP contribution is 2.32. The minimum absolute atomic E-state index is 0.0997. The predicted molar refractivity (Wildman–Crippen MR) is 137 cm³/mol. The van der Waals surface area contributed by atoms with Crippen LogP contribution in [0.3, 0.4) is 0 Å². The van der Waals surface area contributed by atoms with Crippen molar-refractivity contribution in [2.45, 2.75) is 138 Å². The summed E-state index contributed by atoms with van der Waals surface area (Å²) >= 11 is 0. The molecule has 196 valence electrons. The second kappa shape index (κ2) is 12.4. The smallest absolute Gasteiger partial charge is 0.407 e. The van der Waals surface area contributed by atoms with Gasteiger partial charge in [-0.1, -0.05) is 47.5 Å². The van der Waals surface area contributed by atoms with Crippen LogP contribution in [0.25, 0.3) is 0 Å². The lowest BCUT2D eigenvalue weighted by molar-refractivity contribution is -0.131. The minimum Gasteiger partial charge on any atom is -0.444 e. The average molecular weight is 471 g/mol. The van der Waals surface area contributed by atoms with Crippen molar-refractivity contribution in [2.75, 3.05) is 13.2 Å². The quantitative estimate of drug-likeness (QED) is 0.299. The molecule has 0 unspecified atom stereocenters. The maximum atomic E-state index is 13.0. The largest absolute Gasteiger partial charge is 0.444 e. The van der Waals surface area contributed by atoms with E-state index in [0.717, 1.165) is 25.7 Å². The first-order chi connectivity index (χ1) is 14.7. The number of alkyl carbamates (subject to hydrolysis) is 1. The fraction of sp³-hybridized carbons (Fsp3) is 0.926. The Hall–Kier alpha value is -1.30. The maximum absolute atomic E-state index is 13.0. The van der Waals surface area contributed by atoms with Crippen LogP contribution in [0.15, 0.2) is 0 Å². The van der Waals surface area contributed by atoms with Gasteiger partial charge in [0.2, 0.25) is 5.91 Å². The Morgan fingerprint density at radius 1 is 0.788 bits per heavy atom. The molecule has 0 fully saturated rings. The number of carbonyl (C=O) groups excluding carboxylic acids is 2. The molecular weight excluding hydrogens is 416 g/mol. The van der Waals surface area contributed by atoms with Gasteiger partial charge in [-0.15, -0.1) is 0 Å². The number of carbonyl (C=O) groups is 2. The summed E-state index contributed by atoms with van der Waals surface area (Å²) in [4.78, 5) is 24.8. The molecule has 0 heterocycles. The summed E-state index contributed by atoms with van der Waals surface area (Å²) in [6.45, 7) is 25.5. The van der Waals surface area contributed by atoms with Crippen LogP contribution in [0, 0.1) is 10.8 Å². The molecule has 0 atom stereocenters. The summed E-state index contributed by atoms with van der Waals surface area (Å²) in [6.07, 6.45) is 5.18. The zero-order valence-electron chi connectivity index (χ0n) is 23.8. The third kappa shape index (κ3) is 15.3. The number of amides is 2. The van der Waals surface area contributed by atoms with Crippen LogP contribution in [0.2, 0.25) is 0 Å². The first-order valence-electron chi connectivity index (χ1n) is 12.6. The lowest BCUT2D eigenvalue weighted by Crippen LogP contribution is -2.49. The summed E-state index contributed by atoms with van der Waals surface area (Å²) in [5.74, 6) is 0.0997. The molecular formula is C27H54N2O4. The highest BCUT2D eigenvalue weighted by molar-refractivity contribution is 5.82. The molecule has 0 aromatic heterocycles. The molecule has 0 bridgehead atoms. The van der Waals surface area contributed by atoms with Crippen molar-refractivity contribution >= 4 is 12.0 Å². The molecule has 2 amide bonds. The van der Waals surface area contributed by atoms with Crippen molar-refractivity contribution < 1.29 is 19.1 Å². The third-order valence-electron chi connectivity index (χ3n) is 6.29. The average Bonchev–Trinajstić information content (AvgIpc) is 2.58. The van der Waals surface area contributed by atoms with Crippen LogP contribution in [-0.4, -0.2) is 41.9 Å². The van der Waals surface area contributed by atoms with E-state index in [4.69, 9.17) is 9.47 Å².